The quantitative estimate of drug-likeness (QED) is 0.526. The van der Waals surface area contributed by atoms with Crippen molar-refractivity contribution in [1.29, 1.82) is 5.26 Å². The Bertz CT molecular complexity index is 114. The number of hydrogen-bond acceptors (Lipinski definition) is 2. The Hall–Kier alpha value is -0.550. The van der Waals surface area contributed by atoms with Gasteiger partial charge in [0.25, 0.3) is 0 Å². The average molecular weight is 110 g/mol. The van der Waals surface area contributed by atoms with Crippen molar-refractivity contribution in [2.45, 2.75) is 19.4 Å². The Balaban J connectivity index is 1.99. The lowest BCUT2D eigenvalue weighted by molar-refractivity contribution is 0.709. The molecule has 1 fully saturated rings. The molecule has 1 aliphatic rings. The highest BCUT2D eigenvalue weighted by atomic mass is 15.0. The van der Waals surface area contributed by atoms with Crippen LogP contribution >= 0.6 is 0 Å². The Morgan fingerprint density at radius 2 is 2.50 bits per heavy atom. The molecular weight excluding hydrogens is 100 g/mol. The highest BCUT2D eigenvalue weighted by molar-refractivity contribution is 4.92. The first kappa shape index (κ1) is 5.58. The number of hydrogen-bond donors (Lipinski definition) is 1. The molecule has 0 aromatic carbocycles. The van der Waals surface area contributed by atoms with Gasteiger partial charge in [-0.3, -0.25) is 0 Å². The monoisotopic (exact) mass is 110 g/mol. The van der Waals surface area contributed by atoms with Crippen LogP contribution in [0.4, 0.5) is 0 Å². The van der Waals surface area contributed by atoms with Crippen LogP contribution in [0.2, 0.25) is 0 Å². The van der Waals surface area contributed by atoms with E-state index in [2.05, 4.69) is 12.2 Å². The number of nitrogens with zero attached hydrogens (tertiary/aromatic N) is 1. The molecular formula is C6H10N2. The summed E-state index contributed by atoms with van der Waals surface area (Å²) < 4.78 is 0. The van der Waals surface area contributed by atoms with E-state index in [0.717, 1.165) is 5.92 Å². The third-order valence-corrected chi connectivity index (χ3v) is 1.55. The molecule has 0 aromatic rings. The van der Waals surface area contributed by atoms with Gasteiger partial charge in [0.15, 0.2) is 0 Å². The first-order chi connectivity index (χ1) is 3.84. The molecule has 0 amide bonds. The Morgan fingerprint density at radius 1 is 1.88 bits per heavy atom. The second kappa shape index (κ2) is 2.15. The smallest absolute Gasteiger partial charge is 0.0843 e. The van der Waals surface area contributed by atoms with Crippen LogP contribution in [-0.4, -0.2) is 12.6 Å². The van der Waals surface area contributed by atoms with E-state index in [1.807, 2.05) is 6.07 Å². The summed E-state index contributed by atoms with van der Waals surface area (Å²) in [6.07, 6.45) is 1.25. The Morgan fingerprint density at radius 3 is 2.88 bits per heavy atom. The van der Waals surface area contributed by atoms with Crippen molar-refractivity contribution < 1.29 is 0 Å². The first-order valence-corrected chi connectivity index (χ1v) is 2.95. The van der Waals surface area contributed by atoms with Gasteiger partial charge < -0.3 is 5.32 Å². The molecule has 0 heterocycles. The lowest BCUT2D eigenvalue weighted by Crippen LogP contribution is -2.17. The molecule has 1 aliphatic carbocycles. The third kappa shape index (κ3) is 1.21. The van der Waals surface area contributed by atoms with Gasteiger partial charge in [-0.05, 0) is 12.3 Å². The van der Waals surface area contributed by atoms with Crippen molar-refractivity contribution in [2.24, 2.45) is 5.92 Å². The van der Waals surface area contributed by atoms with Crippen LogP contribution in [0.1, 0.15) is 13.3 Å². The Labute approximate surface area is 49.5 Å². The molecule has 44 valence electrons. The molecule has 2 atom stereocenters. The maximum atomic E-state index is 8.12. The molecule has 0 spiro atoms. The van der Waals surface area contributed by atoms with E-state index >= 15 is 0 Å². The van der Waals surface area contributed by atoms with Crippen molar-refractivity contribution in [3.05, 3.63) is 0 Å². The van der Waals surface area contributed by atoms with Gasteiger partial charge in [-0.2, -0.15) is 5.26 Å². The summed E-state index contributed by atoms with van der Waals surface area (Å²) in [5, 5.41) is 11.2. The van der Waals surface area contributed by atoms with Crippen LogP contribution < -0.4 is 5.32 Å². The van der Waals surface area contributed by atoms with Crippen LogP contribution in [0.3, 0.4) is 0 Å². The van der Waals surface area contributed by atoms with Crippen LogP contribution in [0.25, 0.3) is 0 Å². The van der Waals surface area contributed by atoms with Crippen molar-refractivity contribution in [2.75, 3.05) is 6.54 Å². The van der Waals surface area contributed by atoms with Crippen LogP contribution in [0.5, 0.6) is 0 Å². The van der Waals surface area contributed by atoms with E-state index in [1.165, 1.54) is 6.42 Å². The van der Waals surface area contributed by atoms with E-state index in [1.54, 1.807) is 0 Å². The lowest BCUT2D eigenvalue weighted by Gasteiger charge is -1.90. The molecule has 0 bridgehead atoms. The fraction of sp³-hybridized carbons (Fsp3) is 0.833. The second-order valence-electron chi connectivity index (χ2n) is 2.36. The third-order valence-electron chi connectivity index (χ3n) is 1.55. The van der Waals surface area contributed by atoms with E-state index in [9.17, 15) is 0 Å². The van der Waals surface area contributed by atoms with E-state index in [0.29, 0.717) is 12.6 Å². The predicted molar refractivity (Wildman–Crippen MR) is 31.2 cm³/mol. The molecule has 2 unspecified atom stereocenters. The molecule has 0 saturated heterocycles. The van der Waals surface area contributed by atoms with Gasteiger partial charge >= 0.3 is 0 Å². The lowest BCUT2D eigenvalue weighted by atomic mass is 10.5. The molecule has 0 radical (unpaired) electrons. The number of nitriles is 1. The van der Waals surface area contributed by atoms with Gasteiger partial charge in [-0.25, -0.2) is 0 Å². The summed E-state index contributed by atoms with van der Waals surface area (Å²) in [7, 11) is 0. The molecule has 2 heteroatoms. The van der Waals surface area contributed by atoms with Gasteiger partial charge in [0.2, 0.25) is 0 Å². The molecule has 8 heavy (non-hydrogen) atoms. The van der Waals surface area contributed by atoms with Crippen molar-refractivity contribution in [1.82, 2.24) is 5.32 Å². The van der Waals surface area contributed by atoms with Gasteiger partial charge in [0, 0.05) is 6.04 Å². The maximum Gasteiger partial charge on any atom is 0.0843 e. The summed E-state index contributed by atoms with van der Waals surface area (Å²) in [4.78, 5) is 0. The largest absolute Gasteiger partial charge is 0.301 e. The first-order valence-electron chi connectivity index (χ1n) is 2.95. The van der Waals surface area contributed by atoms with Gasteiger partial charge in [0.1, 0.15) is 0 Å². The van der Waals surface area contributed by atoms with E-state index < -0.39 is 0 Å². The standard InChI is InChI=1S/C6H10N2/c1-5-4-6(5)8-3-2-7/h5-6,8H,3-4H2,1H3. The molecule has 0 aliphatic heterocycles. The molecule has 0 aromatic heterocycles. The normalized spacial score (nSPS) is 34.0. The second-order valence-corrected chi connectivity index (χ2v) is 2.36. The fourth-order valence-electron chi connectivity index (χ4n) is 0.783. The van der Waals surface area contributed by atoms with E-state index in [-0.39, 0.29) is 0 Å². The van der Waals surface area contributed by atoms with Gasteiger partial charge in [0.05, 0.1) is 12.6 Å². The zero-order valence-electron chi connectivity index (χ0n) is 5.02. The van der Waals surface area contributed by atoms with Gasteiger partial charge in [-0.1, -0.05) is 6.92 Å². The molecule has 1 rings (SSSR count). The maximum absolute atomic E-state index is 8.12. The zero-order chi connectivity index (χ0) is 5.98. The number of nitrogens with one attached hydrogen (secondary N) is 1. The van der Waals surface area contributed by atoms with Crippen LogP contribution in [-0.2, 0) is 0 Å². The van der Waals surface area contributed by atoms with Gasteiger partial charge in [-0.15, -0.1) is 0 Å². The number of rotatable bonds is 2. The summed E-state index contributed by atoms with van der Waals surface area (Å²) in [5.74, 6) is 0.809. The minimum atomic E-state index is 0.509. The SMILES string of the molecule is CC1CC1NCC#N. The summed E-state index contributed by atoms with van der Waals surface area (Å²) in [5.41, 5.74) is 0. The molecule has 2 nitrogen and oxygen atoms in total. The minimum Gasteiger partial charge on any atom is -0.301 e. The highest BCUT2D eigenvalue weighted by Crippen LogP contribution is 2.28. The molecule has 1 saturated carbocycles. The summed E-state index contributed by atoms with van der Waals surface area (Å²) >= 11 is 0. The average Bonchev–Trinajstić information content (AvgIpc) is 2.42. The topological polar surface area (TPSA) is 35.8 Å². The Kier molecular flexibility index (Phi) is 1.50. The summed E-state index contributed by atoms with van der Waals surface area (Å²) in [6, 6.07) is 2.70. The van der Waals surface area contributed by atoms with Crippen molar-refractivity contribution in [3.8, 4) is 6.07 Å². The highest BCUT2D eigenvalue weighted by Gasteiger charge is 2.31. The minimum absolute atomic E-state index is 0.509. The molecule has 1 N–H and O–H groups in total. The van der Waals surface area contributed by atoms with Crippen molar-refractivity contribution >= 4 is 0 Å². The van der Waals surface area contributed by atoms with Crippen molar-refractivity contribution in [3.63, 3.8) is 0 Å². The zero-order valence-corrected chi connectivity index (χ0v) is 5.02. The van der Waals surface area contributed by atoms with Crippen LogP contribution in [0.15, 0.2) is 0 Å². The van der Waals surface area contributed by atoms with E-state index in [4.69, 9.17) is 5.26 Å². The van der Waals surface area contributed by atoms with Crippen LogP contribution in [0, 0.1) is 17.2 Å². The predicted octanol–water partition coefficient (Wildman–Crippen LogP) is 0.508. The fourth-order valence-corrected chi connectivity index (χ4v) is 0.783. The summed E-state index contributed by atoms with van der Waals surface area (Å²) in [6.45, 7) is 2.70.